The summed E-state index contributed by atoms with van der Waals surface area (Å²) in [5.74, 6) is -0.0203. The summed E-state index contributed by atoms with van der Waals surface area (Å²) in [5.41, 5.74) is -1.21. The first-order chi connectivity index (χ1) is 15.1. The number of ether oxygens (including phenoxy) is 1. The monoisotopic (exact) mass is 448 g/mol. The molecule has 4 atom stereocenters. The third kappa shape index (κ3) is 3.42. The largest absolute Gasteiger partial charge is 0.419 e. The minimum absolute atomic E-state index is 0.0492. The molecule has 1 aliphatic carbocycles. The number of aryl methyl sites for hydroxylation is 1. The van der Waals surface area contributed by atoms with Crippen molar-refractivity contribution in [3.05, 3.63) is 63.6 Å². The highest BCUT2D eigenvalue weighted by atomic mass is 19.4. The molecule has 6 nitrogen and oxygen atoms in total. The van der Waals surface area contributed by atoms with E-state index in [1.807, 2.05) is 0 Å². The molecular formula is C22H20F4N4O2. The van der Waals surface area contributed by atoms with Gasteiger partial charge in [-0.2, -0.15) is 13.2 Å². The Bertz CT molecular complexity index is 1260. The van der Waals surface area contributed by atoms with Gasteiger partial charge in [0.1, 0.15) is 17.5 Å². The molecule has 2 fully saturated rings. The van der Waals surface area contributed by atoms with Gasteiger partial charge in [-0.25, -0.2) is 14.4 Å². The molecule has 1 aromatic carbocycles. The van der Waals surface area contributed by atoms with Crippen LogP contribution in [0.3, 0.4) is 0 Å². The predicted octanol–water partition coefficient (Wildman–Crippen LogP) is 4.25. The maximum atomic E-state index is 14.6. The van der Waals surface area contributed by atoms with Crippen molar-refractivity contribution in [1.82, 2.24) is 14.5 Å². The molecule has 0 spiro atoms. The highest BCUT2D eigenvalue weighted by Gasteiger charge is 2.55. The molecule has 0 radical (unpaired) electrons. The summed E-state index contributed by atoms with van der Waals surface area (Å²) in [7, 11) is 0. The second kappa shape index (κ2) is 7.26. The van der Waals surface area contributed by atoms with E-state index in [-0.39, 0.29) is 17.2 Å². The van der Waals surface area contributed by atoms with Crippen molar-refractivity contribution in [2.75, 3.05) is 18.5 Å². The zero-order chi connectivity index (χ0) is 22.8. The lowest BCUT2D eigenvalue weighted by atomic mass is 10.0. The van der Waals surface area contributed by atoms with Crippen molar-refractivity contribution in [2.45, 2.75) is 32.1 Å². The van der Waals surface area contributed by atoms with E-state index in [1.165, 1.54) is 18.2 Å². The lowest BCUT2D eigenvalue weighted by Gasteiger charge is -2.20. The summed E-state index contributed by atoms with van der Waals surface area (Å²) in [6, 6.07) is 3.86. The van der Waals surface area contributed by atoms with Gasteiger partial charge in [-0.05, 0) is 19.9 Å². The van der Waals surface area contributed by atoms with Crippen LogP contribution < -0.4 is 10.9 Å². The Morgan fingerprint density at radius 1 is 1.22 bits per heavy atom. The van der Waals surface area contributed by atoms with Crippen LogP contribution >= 0.6 is 0 Å². The van der Waals surface area contributed by atoms with Crippen molar-refractivity contribution in [2.24, 2.45) is 11.8 Å². The molecule has 168 valence electrons. The minimum Gasteiger partial charge on any atom is -0.381 e. The lowest BCUT2D eigenvalue weighted by Crippen LogP contribution is -2.21. The molecule has 10 heteroatoms. The second-order valence-electron chi connectivity index (χ2n) is 8.37. The predicted molar refractivity (Wildman–Crippen MR) is 109 cm³/mol. The molecule has 32 heavy (non-hydrogen) atoms. The van der Waals surface area contributed by atoms with Crippen molar-refractivity contribution in [3.8, 4) is 0 Å². The van der Waals surface area contributed by atoms with Crippen LogP contribution in [-0.2, 0) is 10.9 Å². The van der Waals surface area contributed by atoms with Gasteiger partial charge in [-0.15, -0.1) is 0 Å². The summed E-state index contributed by atoms with van der Waals surface area (Å²) >= 11 is 0. The molecule has 1 N–H and O–H groups in total. The van der Waals surface area contributed by atoms with E-state index in [2.05, 4.69) is 15.3 Å². The molecule has 1 saturated heterocycles. The number of aromatic nitrogens is 3. The van der Waals surface area contributed by atoms with E-state index in [1.54, 1.807) is 24.6 Å². The summed E-state index contributed by atoms with van der Waals surface area (Å²) in [6.07, 6.45) is -3.11. The number of nitrogens with zero attached hydrogens (tertiary/aromatic N) is 3. The molecule has 2 aromatic heterocycles. The Morgan fingerprint density at radius 3 is 2.62 bits per heavy atom. The molecular weight excluding hydrogens is 428 g/mol. The summed E-state index contributed by atoms with van der Waals surface area (Å²) in [6.45, 7) is 4.43. The zero-order valence-electron chi connectivity index (χ0n) is 17.3. The van der Waals surface area contributed by atoms with Gasteiger partial charge >= 0.3 is 6.18 Å². The SMILES string of the molecule is Cc1nc(N[C@H](C)c2cccc(C(F)(F)F)c2F)c2cn([C@H]3[C@@H]4COC[C@@H]43)c(=O)cc2n1. The number of alkyl halides is 3. The average molecular weight is 448 g/mol. The summed E-state index contributed by atoms with van der Waals surface area (Å²) in [4.78, 5) is 21.4. The fourth-order valence-corrected chi connectivity index (χ4v) is 4.59. The topological polar surface area (TPSA) is 69.0 Å². The smallest absolute Gasteiger partial charge is 0.381 e. The number of anilines is 1. The Labute approximate surface area is 180 Å². The molecule has 3 aromatic rings. The van der Waals surface area contributed by atoms with Gasteiger partial charge in [0.25, 0.3) is 5.56 Å². The number of benzene rings is 1. The quantitative estimate of drug-likeness (QED) is 0.605. The van der Waals surface area contributed by atoms with E-state index in [0.717, 1.165) is 0 Å². The van der Waals surface area contributed by atoms with Crippen LogP contribution in [0.1, 0.15) is 36.0 Å². The van der Waals surface area contributed by atoms with E-state index in [4.69, 9.17) is 4.74 Å². The van der Waals surface area contributed by atoms with Gasteiger partial charge in [0, 0.05) is 35.7 Å². The van der Waals surface area contributed by atoms with Crippen LogP contribution in [0, 0.1) is 24.6 Å². The highest BCUT2D eigenvalue weighted by Crippen LogP contribution is 2.53. The van der Waals surface area contributed by atoms with Crippen molar-refractivity contribution >= 4 is 16.7 Å². The number of fused-ring (bicyclic) bond motifs is 2. The maximum Gasteiger partial charge on any atom is 0.419 e. The molecule has 5 rings (SSSR count). The van der Waals surface area contributed by atoms with E-state index in [0.29, 0.717) is 53.7 Å². The van der Waals surface area contributed by atoms with Crippen molar-refractivity contribution in [3.63, 3.8) is 0 Å². The van der Waals surface area contributed by atoms with E-state index >= 15 is 0 Å². The maximum absolute atomic E-state index is 14.6. The number of hydrogen-bond acceptors (Lipinski definition) is 5. The van der Waals surface area contributed by atoms with Crippen molar-refractivity contribution < 1.29 is 22.3 Å². The van der Waals surface area contributed by atoms with Gasteiger partial charge < -0.3 is 14.6 Å². The highest BCUT2D eigenvalue weighted by molar-refractivity contribution is 5.88. The van der Waals surface area contributed by atoms with Crippen LogP contribution in [0.4, 0.5) is 23.4 Å². The Morgan fingerprint density at radius 2 is 1.94 bits per heavy atom. The third-order valence-electron chi connectivity index (χ3n) is 6.25. The van der Waals surface area contributed by atoms with E-state index < -0.39 is 23.6 Å². The fourth-order valence-electron chi connectivity index (χ4n) is 4.59. The fraction of sp³-hybridized carbons (Fsp3) is 0.409. The molecule has 0 unspecified atom stereocenters. The number of rotatable bonds is 4. The average Bonchev–Trinajstić information content (AvgIpc) is 3.16. The summed E-state index contributed by atoms with van der Waals surface area (Å²) in [5, 5.41) is 3.56. The molecule has 1 aliphatic heterocycles. The second-order valence-corrected chi connectivity index (χ2v) is 8.37. The third-order valence-corrected chi connectivity index (χ3v) is 6.25. The van der Waals surface area contributed by atoms with Gasteiger partial charge in [0.15, 0.2) is 0 Å². The number of halogens is 4. The Hall–Kier alpha value is -3.01. The minimum atomic E-state index is -4.79. The molecule has 0 bridgehead atoms. The van der Waals surface area contributed by atoms with Crippen LogP contribution in [0.5, 0.6) is 0 Å². The van der Waals surface area contributed by atoms with Gasteiger partial charge in [0.05, 0.1) is 35.7 Å². The van der Waals surface area contributed by atoms with Crippen LogP contribution in [0.2, 0.25) is 0 Å². The molecule has 3 heterocycles. The first-order valence-electron chi connectivity index (χ1n) is 10.3. The van der Waals surface area contributed by atoms with Gasteiger partial charge in [-0.3, -0.25) is 4.79 Å². The van der Waals surface area contributed by atoms with Gasteiger partial charge in [-0.1, -0.05) is 12.1 Å². The summed E-state index contributed by atoms with van der Waals surface area (Å²) < 4.78 is 61.0. The molecule has 1 saturated carbocycles. The molecule has 0 amide bonds. The zero-order valence-corrected chi connectivity index (χ0v) is 17.3. The van der Waals surface area contributed by atoms with Gasteiger partial charge in [0.2, 0.25) is 0 Å². The Kier molecular flexibility index (Phi) is 4.74. The number of pyridine rings is 1. The van der Waals surface area contributed by atoms with Crippen LogP contribution in [0.25, 0.3) is 10.9 Å². The van der Waals surface area contributed by atoms with Crippen LogP contribution in [-0.4, -0.2) is 27.7 Å². The van der Waals surface area contributed by atoms with Crippen LogP contribution in [0.15, 0.2) is 35.3 Å². The first-order valence-corrected chi connectivity index (χ1v) is 10.3. The normalized spacial score (nSPS) is 23.2. The van der Waals surface area contributed by atoms with E-state index in [9.17, 15) is 22.4 Å². The van der Waals surface area contributed by atoms with Crippen molar-refractivity contribution in [1.29, 1.82) is 0 Å². The number of nitrogens with one attached hydrogen (secondary N) is 1. The standard InChI is InChI=1S/C22H20F4N4O2/c1-10(12-4-3-5-16(19(12)23)22(24,25)26)27-21-13-7-30(20-14-8-32-9-15(14)20)18(31)6-17(13)28-11(2)29-21/h3-7,10,14-15,20H,8-9H2,1-2H3,(H,27,28,29)/t10-,14-,15+,20+/m1/s1. The first kappa shape index (κ1) is 20.9. The lowest BCUT2D eigenvalue weighted by molar-refractivity contribution is -0.140. The number of hydrogen-bond donors (Lipinski definition) is 1. The molecule has 2 aliphatic rings. The Balaban J connectivity index is 1.54.